The maximum atomic E-state index is 13.2. The second kappa shape index (κ2) is 13.1. The molecule has 0 saturated heterocycles. The van der Waals surface area contributed by atoms with Crippen LogP contribution < -0.4 is 0 Å². The summed E-state index contributed by atoms with van der Waals surface area (Å²) in [5, 5.41) is 0.283. The number of hydrogen-bond acceptors (Lipinski definition) is 5. The predicted molar refractivity (Wildman–Crippen MR) is 120 cm³/mol. The summed E-state index contributed by atoms with van der Waals surface area (Å²) in [4.78, 5) is 14.7. The van der Waals surface area contributed by atoms with Gasteiger partial charge in [0.25, 0.3) is 0 Å². The maximum absolute atomic E-state index is 13.2. The van der Waals surface area contributed by atoms with Crippen molar-refractivity contribution in [3.05, 3.63) is 64.2 Å². The Hall–Kier alpha value is -1.50. The lowest BCUT2D eigenvalue weighted by atomic mass is 10.1. The van der Waals surface area contributed by atoms with Gasteiger partial charge in [-0.15, -0.1) is 0 Å². The van der Waals surface area contributed by atoms with E-state index in [4.69, 9.17) is 11.6 Å². The molecule has 1 aromatic heterocycles. The number of halogens is 5. The second-order valence-electron chi connectivity index (χ2n) is 6.06. The number of rotatable bonds is 4. The van der Waals surface area contributed by atoms with Crippen molar-refractivity contribution >= 4 is 55.0 Å². The van der Waals surface area contributed by atoms with Gasteiger partial charge in [0, 0.05) is 23.6 Å². The van der Waals surface area contributed by atoms with Gasteiger partial charge in [-0.1, -0.05) is 11.6 Å². The van der Waals surface area contributed by atoms with Crippen molar-refractivity contribution in [1.29, 1.82) is 0 Å². The number of carbonyl (C=O) groups is 1. The van der Waals surface area contributed by atoms with E-state index < -0.39 is 34.6 Å². The van der Waals surface area contributed by atoms with Gasteiger partial charge in [-0.25, -0.2) is 13.4 Å². The van der Waals surface area contributed by atoms with E-state index in [9.17, 15) is 26.6 Å². The summed E-state index contributed by atoms with van der Waals surface area (Å²) in [5.41, 5.74) is -0.276. The number of ether oxygens (including phenoxy) is 1. The maximum Gasteiger partial charge on any atom is 0.431 e. The Morgan fingerprint density at radius 3 is 2.35 bits per heavy atom. The first-order valence-electron chi connectivity index (χ1n) is 8.29. The SMILES string of the molecule is COC(=O)N(S)S(=O)C(C)C.Fc1cc(Cc2ccc(Cl)cn2)cc(C(F)(F)F)c1.S. The summed E-state index contributed by atoms with van der Waals surface area (Å²) < 4.78 is 67.0. The second-order valence-corrected chi connectivity index (χ2v) is 9.03. The highest BCUT2D eigenvalue weighted by atomic mass is 35.5. The van der Waals surface area contributed by atoms with Crippen LogP contribution in [0.15, 0.2) is 36.5 Å². The molecule has 0 aliphatic rings. The normalized spacial score (nSPS) is 11.7. The number of nitrogens with zero attached hydrogens (tertiary/aromatic N) is 2. The van der Waals surface area contributed by atoms with Crippen LogP contribution in [0.25, 0.3) is 0 Å². The number of carbonyl (C=O) groups excluding carboxylic acids is 1. The standard InChI is InChI=1S/C13H8ClF4N.C5H11NO3S2.H2S/c14-10-1-2-12(19-7-10)5-8-3-9(13(16,17)18)6-11(15)4-8;1-4(2)11(8)6(10)5(7)9-3;/h1-4,6-7H,5H2;4,10H,1-3H3;1H2. The lowest BCUT2D eigenvalue weighted by Crippen LogP contribution is -2.28. The largest absolute Gasteiger partial charge is 0.451 e. The van der Waals surface area contributed by atoms with Gasteiger partial charge in [0.15, 0.2) is 0 Å². The average Bonchev–Trinajstić information content (AvgIpc) is 2.67. The summed E-state index contributed by atoms with van der Waals surface area (Å²) in [7, 11) is -0.212. The molecule has 1 aromatic carbocycles. The third-order valence-corrected chi connectivity index (χ3v) is 5.53. The fraction of sp³-hybridized carbons (Fsp3) is 0.333. The highest BCUT2D eigenvalue weighted by Gasteiger charge is 2.31. The first-order chi connectivity index (χ1) is 13.8. The van der Waals surface area contributed by atoms with Gasteiger partial charge < -0.3 is 4.74 Å². The van der Waals surface area contributed by atoms with Gasteiger partial charge in [-0.2, -0.15) is 30.4 Å². The van der Waals surface area contributed by atoms with Crippen molar-refractivity contribution in [2.75, 3.05) is 7.11 Å². The van der Waals surface area contributed by atoms with E-state index in [1.165, 1.54) is 13.3 Å². The summed E-state index contributed by atoms with van der Waals surface area (Å²) >= 11 is 9.35. The monoisotopic (exact) mass is 520 g/mol. The quantitative estimate of drug-likeness (QED) is 0.423. The predicted octanol–water partition coefficient (Wildman–Crippen LogP) is 5.57. The molecule has 1 amide bonds. The number of benzene rings is 1. The Balaban J connectivity index is 0.000000650. The molecule has 2 rings (SSSR count). The molecule has 5 nitrogen and oxygen atoms in total. The molecule has 1 unspecified atom stereocenters. The fourth-order valence-corrected chi connectivity index (χ4v) is 3.37. The number of pyridine rings is 1. The molecule has 0 spiro atoms. The molecular formula is C18H21ClF4N2O3S3. The summed E-state index contributed by atoms with van der Waals surface area (Å²) in [5.74, 6) is -0.918. The molecule has 2 aromatic rings. The minimum absolute atomic E-state index is 0. The van der Waals surface area contributed by atoms with Crippen molar-refractivity contribution in [3.8, 4) is 0 Å². The molecule has 0 aliphatic carbocycles. The highest BCUT2D eigenvalue weighted by molar-refractivity contribution is 7.97. The first-order valence-corrected chi connectivity index (χ1v) is 10.2. The molecule has 0 bridgehead atoms. The Morgan fingerprint density at radius 2 is 1.90 bits per heavy atom. The van der Waals surface area contributed by atoms with E-state index >= 15 is 0 Å². The minimum atomic E-state index is -4.57. The summed E-state index contributed by atoms with van der Waals surface area (Å²) in [6.07, 6.45) is -3.77. The number of methoxy groups -OCH3 is 1. The number of amides is 1. The molecule has 1 atom stereocenters. The third-order valence-electron chi connectivity index (χ3n) is 3.36. The van der Waals surface area contributed by atoms with Crippen molar-refractivity contribution in [3.63, 3.8) is 0 Å². The molecule has 0 fully saturated rings. The Labute approximate surface area is 197 Å². The Kier molecular flexibility index (Phi) is 12.5. The van der Waals surface area contributed by atoms with Crippen molar-refractivity contribution < 1.29 is 31.3 Å². The fourth-order valence-electron chi connectivity index (χ4n) is 1.99. The summed E-state index contributed by atoms with van der Waals surface area (Å²) in [6, 6.07) is 5.61. The molecule has 0 N–H and O–H groups in total. The molecular weight excluding hydrogens is 500 g/mol. The van der Waals surface area contributed by atoms with Crippen LogP contribution in [0.5, 0.6) is 0 Å². The zero-order valence-electron chi connectivity index (χ0n) is 16.6. The van der Waals surface area contributed by atoms with E-state index in [0.717, 1.165) is 15.8 Å². The highest BCUT2D eigenvalue weighted by Crippen LogP contribution is 2.30. The van der Waals surface area contributed by atoms with Gasteiger partial charge in [0.05, 0.1) is 17.7 Å². The van der Waals surface area contributed by atoms with Crippen LogP contribution in [0.1, 0.15) is 30.7 Å². The number of hydrogen-bond donors (Lipinski definition) is 1. The molecule has 1 heterocycles. The van der Waals surface area contributed by atoms with E-state index in [1.807, 2.05) is 0 Å². The molecule has 0 aliphatic heterocycles. The van der Waals surface area contributed by atoms with Gasteiger partial charge in [0.1, 0.15) is 16.8 Å². The van der Waals surface area contributed by atoms with Gasteiger partial charge in [0.2, 0.25) is 0 Å². The van der Waals surface area contributed by atoms with E-state index in [2.05, 4.69) is 22.5 Å². The van der Waals surface area contributed by atoms with Crippen LogP contribution in [0.2, 0.25) is 5.02 Å². The minimum Gasteiger partial charge on any atom is -0.451 e. The van der Waals surface area contributed by atoms with Gasteiger partial charge in [-0.3, -0.25) is 4.98 Å². The molecule has 174 valence electrons. The average molecular weight is 521 g/mol. The summed E-state index contributed by atoms with van der Waals surface area (Å²) in [6.45, 7) is 3.45. The van der Waals surface area contributed by atoms with E-state index in [-0.39, 0.29) is 30.7 Å². The number of thiol groups is 1. The van der Waals surface area contributed by atoms with E-state index in [0.29, 0.717) is 16.8 Å². The van der Waals surface area contributed by atoms with Crippen molar-refractivity contribution in [2.45, 2.75) is 31.7 Å². The molecule has 13 heteroatoms. The Morgan fingerprint density at radius 1 is 1.29 bits per heavy atom. The zero-order chi connectivity index (χ0) is 23.1. The lowest BCUT2D eigenvalue weighted by Gasteiger charge is -2.14. The Bertz CT molecular complexity index is 884. The van der Waals surface area contributed by atoms with Gasteiger partial charge >= 0.3 is 12.3 Å². The number of alkyl halides is 3. The third kappa shape index (κ3) is 10.1. The van der Waals surface area contributed by atoms with Crippen molar-refractivity contribution in [2.24, 2.45) is 0 Å². The smallest absolute Gasteiger partial charge is 0.431 e. The van der Waals surface area contributed by atoms with Gasteiger partial charge in [-0.05, 0) is 62.6 Å². The topological polar surface area (TPSA) is 59.5 Å². The van der Waals surface area contributed by atoms with Crippen LogP contribution in [0.4, 0.5) is 22.4 Å². The van der Waals surface area contributed by atoms with Crippen LogP contribution in [0, 0.1) is 5.82 Å². The van der Waals surface area contributed by atoms with Crippen molar-refractivity contribution in [1.82, 2.24) is 8.69 Å². The molecule has 0 saturated carbocycles. The molecule has 0 radical (unpaired) electrons. The number of aromatic nitrogens is 1. The zero-order valence-corrected chi connectivity index (χ0v) is 20.1. The first kappa shape index (κ1) is 29.5. The van der Waals surface area contributed by atoms with Crippen LogP contribution >= 0.6 is 37.9 Å². The van der Waals surface area contributed by atoms with E-state index in [1.54, 1.807) is 26.0 Å². The molecule has 31 heavy (non-hydrogen) atoms. The van der Waals surface area contributed by atoms with Crippen LogP contribution in [-0.4, -0.2) is 31.4 Å². The van der Waals surface area contributed by atoms with Crippen LogP contribution in [-0.2, 0) is 28.3 Å². The van der Waals surface area contributed by atoms with Crippen LogP contribution in [0.3, 0.4) is 0 Å². The lowest BCUT2D eigenvalue weighted by molar-refractivity contribution is -0.137.